The third-order valence-electron chi connectivity index (χ3n) is 4.94. The second-order valence-corrected chi connectivity index (χ2v) is 8.96. The number of anilines is 1. The van der Waals surface area contributed by atoms with Gasteiger partial charge in [-0.1, -0.05) is 54.2 Å². The van der Waals surface area contributed by atoms with Crippen LogP contribution in [0.2, 0.25) is 0 Å². The van der Waals surface area contributed by atoms with Crippen molar-refractivity contribution in [2.45, 2.75) is 16.3 Å². The van der Waals surface area contributed by atoms with Crippen molar-refractivity contribution >= 4 is 40.6 Å². The number of fused-ring (bicyclic) bond motifs is 2. The van der Waals surface area contributed by atoms with Gasteiger partial charge in [0.15, 0.2) is 0 Å². The molecule has 4 aromatic rings. The molecule has 1 aliphatic rings. The summed E-state index contributed by atoms with van der Waals surface area (Å²) in [7, 11) is 0. The first kappa shape index (κ1) is 19.5. The van der Waals surface area contributed by atoms with Crippen LogP contribution >= 0.6 is 23.1 Å². The van der Waals surface area contributed by atoms with Gasteiger partial charge < -0.3 is 10.6 Å². The molecule has 2 heterocycles. The quantitative estimate of drug-likeness (QED) is 0.440. The maximum absolute atomic E-state index is 12.8. The number of carbonyl (C=O) groups is 2. The second-order valence-electron chi connectivity index (χ2n) is 6.94. The number of aromatic nitrogens is 1. The van der Waals surface area contributed by atoms with Crippen molar-refractivity contribution in [3.05, 3.63) is 94.3 Å². The summed E-state index contributed by atoms with van der Waals surface area (Å²) in [6, 6.07) is 22.8. The zero-order chi connectivity index (χ0) is 21.2. The lowest BCUT2D eigenvalue weighted by molar-refractivity contribution is 0.0950. The van der Waals surface area contributed by atoms with Crippen LogP contribution in [0.4, 0.5) is 5.69 Å². The standard InChI is InChI=1S/C24H17N3O2S2/c28-23(25-13-21-22(26-14-30-21)15-6-2-1-3-7-15)16-10-11-20-18(12-16)27-24(29)17-8-4-5-9-19(17)31-20/h1-12,14H,13H2,(H,25,28)(H,27,29). The van der Waals surface area contributed by atoms with Gasteiger partial charge in [0.1, 0.15) is 0 Å². The van der Waals surface area contributed by atoms with E-state index in [4.69, 9.17) is 0 Å². The molecular formula is C24H17N3O2S2. The molecule has 0 saturated heterocycles. The lowest BCUT2D eigenvalue weighted by Gasteiger charge is -2.10. The molecule has 0 atom stereocenters. The first-order valence-electron chi connectivity index (χ1n) is 9.67. The molecule has 0 unspecified atom stereocenters. The molecule has 2 N–H and O–H groups in total. The Labute approximate surface area is 187 Å². The van der Waals surface area contributed by atoms with Crippen molar-refractivity contribution < 1.29 is 9.59 Å². The van der Waals surface area contributed by atoms with E-state index in [1.807, 2.05) is 54.6 Å². The molecule has 7 heteroatoms. The van der Waals surface area contributed by atoms with E-state index in [0.29, 0.717) is 23.4 Å². The predicted octanol–water partition coefficient (Wildman–Crippen LogP) is 5.46. The zero-order valence-corrected chi connectivity index (χ0v) is 17.9. The van der Waals surface area contributed by atoms with Crippen molar-refractivity contribution in [3.63, 3.8) is 0 Å². The average Bonchev–Trinajstić information content (AvgIpc) is 3.22. The van der Waals surface area contributed by atoms with Crippen LogP contribution in [0.1, 0.15) is 25.6 Å². The van der Waals surface area contributed by atoms with Crippen LogP contribution in [-0.4, -0.2) is 16.8 Å². The summed E-state index contributed by atoms with van der Waals surface area (Å²) in [5.41, 5.74) is 5.47. The zero-order valence-electron chi connectivity index (χ0n) is 16.3. The van der Waals surface area contributed by atoms with Gasteiger partial charge in [0.2, 0.25) is 0 Å². The molecule has 3 aromatic carbocycles. The Morgan fingerprint density at radius 3 is 2.65 bits per heavy atom. The summed E-state index contributed by atoms with van der Waals surface area (Å²) in [6.07, 6.45) is 0. The van der Waals surface area contributed by atoms with Crippen molar-refractivity contribution in [2.24, 2.45) is 0 Å². The van der Waals surface area contributed by atoms with Gasteiger partial charge in [-0.15, -0.1) is 11.3 Å². The molecule has 0 aliphatic carbocycles. The smallest absolute Gasteiger partial charge is 0.256 e. The number of carbonyl (C=O) groups excluding carboxylic acids is 2. The highest BCUT2D eigenvalue weighted by molar-refractivity contribution is 7.99. The Morgan fingerprint density at radius 2 is 1.77 bits per heavy atom. The molecule has 0 saturated carbocycles. The van der Waals surface area contributed by atoms with E-state index in [-0.39, 0.29) is 11.8 Å². The van der Waals surface area contributed by atoms with Gasteiger partial charge >= 0.3 is 0 Å². The van der Waals surface area contributed by atoms with E-state index in [0.717, 1.165) is 25.9 Å². The van der Waals surface area contributed by atoms with Crippen LogP contribution in [0.3, 0.4) is 0 Å². The number of amides is 2. The highest BCUT2D eigenvalue weighted by Crippen LogP contribution is 2.39. The Morgan fingerprint density at radius 1 is 0.968 bits per heavy atom. The Bertz CT molecular complexity index is 1280. The molecule has 31 heavy (non-hydrogen) atoms. The third-order valence-corrected chi connectivity index (χ3v) is 6.92. The molecule has 152 valence electrons. The molecule has 0 bridgehead atoms. The molecular weight excluding hydrogens is 426 g/mol. The fourth-order valence-corrected chi connectivity index (χ4v) is 5.13. The number of rotatable bonds is 4. The molecule has 0 spiro atoms. The van der Waals surface area contributed by atoms with Crippen LogP contribution in [-0.2, 0) is 6.54 Å². The second kappa shape index (κ2) is 8.37. The van der Waals surface area contributed by atoms with Gasteiger partial charge in [0, 0.05) is 20.9 Å². The molecule has 5 rings (SSSR count). The van der Waals surface area contributed by atoms with E-state index in [2.05, 4.69) is 15.6 Å². The maximum Gasteiger partial charge on any atom is 0.256 e. The van der Waals surface area contributed by atoms with Gasteiger partial charge in [-0.3, -0.25) is 9.59 Å². The fourth-order valence-electron chi connectivity index (χ4n) is 3.40. The van der Waals surface area contributed by atoms with Crippen molar-refractivity contribution in [2.75, 3.05) is 5.32 Å². The van der Waals surface area contributed by atoms with E-state index in [1.54, 1.807) is 23.7 Å². The minimum Gasteiger partial charge on any atom is -0.347 e. The van der Waals surface area contributed by atoms with Crippen molar-refractivity contribution in [1.29, 1.82) is 0 Å². The lowest BCUT2D eigenvalue weighted by atomic mass is 10.1. The van der Waals surface area contributed by atoms with E-state index in [9.17, 15) is 9.59 Å². The number of hydrogen-bond acceptors (Lipinski definition) is 5. The van der Waals surface area contributed by atoms with Crippen LogP contribution in [0.5, 0.6) is 0 Å². The summed E-state index contributed by atoms with van der Waals surface area (Å²) in [5, 5.41) is 5.90. The fraction of sp³-hybridized carbons (Fsp3) is 0.0417. The maximum atomic E-state index is 12.8. The van der Waals surface area contributed by atoms with Crippen LogP contribution in [0.15, 0.2) is 88.1 Å². The average molecular weight is 444 g/mol. The highest BCUT2D eigenvalue weighted by atomic mass is 32.2. The van der Waals surface area contributed by atoms with Gasteiger partial charge in [0.25, 0.3) is 11.8 Å². The first-order valence-corrected chi connectivity index (χ1v) is 11.4. The summed E-state index contributed by atoms with van der Waals surface area (Å²) in [6.45, 7) is 0.386. The third kappa shape index (κ3) is 3.97. The van der Waals surface area contributed by atoms with Crippen LogP contribution in [0, 0.1) is 0 Å². The Kier molecular flexibility index (Phi) is 5.28. The Hall–Kier alpha value is -3.42. The normalized spacial score (nSPS) is 12.3. The van der Waals surface area contributed by atoms with Crippen LogP contribution in [0.25, 0.3) is 11.3 Å². The Balaban J connectivity index is 1.34. The number of benzene rings is 3. The molecule has 2 amide bonds. The molecule has 5 nitrogen and oxygen atoms in total. The number of thiazole rings is 1. The summed E-state index contributed by atoms with van der Waals surface area (Å²) in [5.74, 6) is -0.368. The lowest BCUT2D eigenvalue weighted by Crippen LogP contribution is -2.23. The molecule has 1 aromatic heterocycles. The van der Waals surface area contributed by atoms with Gasteiger partial charge in [-0.25, -0.2) is 4.98 Å². The van der Waals surface area contributed by atoms with Gasteiger partial charge in [-0.2, -0.15) is 0 Å². The SMILES string of the molecule is O=C(NCc1scnc1-c1ccccc1)c1ccc2c(c1)NC(=O)c1ccccc1S2. The highest BCUT2D eigenvalue weighted by Gasteiger charge is 2.21. The molecule has 0 radical (unpaired) electrons. The number of nitrogens with zero attached hydrogens (tertiary/aromatic N) is 1. The van der Waals surface area contributed by atoms with Crippen molar-refractivity contribution in [3.8, 4) is 11.3 Å². The van der Waals surface area contributed by atoms with Crippen LogP contribution < -0.4 is 10.6 Å². The number of nitrogens with one attached hydrogen (secondary N) is 2. The van der Waals surface area contributed by atoms with Gasteiger partial charge in [0.05, 0.1) is 33.9 Å². The predicted molar refractivity (Wildman–Crippen MR) is 124 cm³/mol. The topological polar surface area (TPSA) is 71.1 Å². The van der Waals surface area contributed by atoms with Gasteiger partial charge in [-0.05, 0) is 30.3 Å². The molecule has 1 aliphatic heterocycles. The van der Waals surface area contributed by atoms with E-state index < -0.39 is 0 Å². The summed E-state index contributed by atoms with van der Waals surface area (Å²) < 4.78 is 0. The number of hydrogen-bond donors (Lipinski definition) is 2. The monoisotopic (exact) mass is 443 g/mol. The summed E-state index contributed by atoms with van der Waals surface area (Å²) in [4.78, 5) is 32.6. The minimum atomic E-state index is -0.198. The largest absolute Gasteiger partial charge is 0.347 e. The first-order chi connectivity index (χ1) is 15.2. The summed E-state index contributed by atoms with van der Waals surface area (Å²) >= 11 is 3.03. The van der Waals surface area contributed by atoms with E-state index in [1.165, 1.54) is 23.1 Å². The van der Waals surface area contributed by atoms with Crippen molar-refractivity contribution in [1.82, 2.24) is 10.3 Å². The van der Waals surface area contributed by atoms with E-state index >= 15 is 0 Å². The molecule has 0 fully saturated rings. The minimum absolute atomic E-state index is 0.170.